The van der Waals surface area contributed by atoms with Crippen LogP contribution >= 0.6 is 23.2 Å². The van der Waals surface area contributed by atoms with Gasteiger partial charge >= 0.3 is 0 Å². The van der Waals surface area contributed by atoms with Gasteiger partial charge in [0.15, 0.2) is 0 Å². The molecule has 1 aromatic carbocycles. The Balaban J connectivity index is 2.04. The third kappa shape index (κ3) is 4.11. The van der Waals surface area contributed by atoms with Gasteiger partial charge in [-0.15, -0.1) is 0 Å². The van der Waals surface area contributed by atoms with E-state index in [1.165, 1.54) is 6.42 Å². The van der Waals surface area contributed by atoms with Gasteiger partial charge in [0.2, 0.25) is 0 Å². The summed E-state index contributed by atoms with van der Waals surface area (Å²) >= 11 is 12.1. The average Bonchev–Trinajstić information content (AvgIpc) is 2.51. The van der Waals surface area contributed by atoms with Crippen LogP contribution in [0.5, 0.6) is 0 Å². The van der Waals surface area contributed by atoms with Crippen molar-refractivity contribution in [1.82, 2.24) is 9.80 Å². The van der Waals surface area contributed by atoms with Crippen LogP contribution in [-0.4, -0.2) is 48.6 Å². The molecule has 2 N–H and O–H groups in total. The molecule has 0 radical (unpaired) electrons. The third-order valence-electron chi connectivity index (χ3n) is 4.56. The first-order chi connectivity index (χ1) is 10.1. The van der Waals surface area contributed by atoms with Crippen molar-refractivity contribution in [1.29, 1.82) is 0 Å². The third-order valence-corrected chi connectivity index (χ3v) is 5.29. The number of hydrogen-bond acceptors (Lipinski definition) is 3. The number of rotatable bonds is 5. The molecule has 2 rings (SSSR count). The minimum Gasteiger partial charge on any atom is -0.329 e. The van der Waals surface area contributed by atoms with E-state index in [4.69, 9.17) is 28.9 Å². The maximum Gasteiger partial charge on any atom is 0.0595 e. The predicted octanol–water partition coefficient (Wildman–Crippen LogP) is 3.41. The van der Waals surface area contributed by atoms with E-state index < -0.39 is 0 Å². The molecule has 1 aliphatic rings. The van der Waals surface area contributed by atoms with Crippen molar-refractivity contribution in [2.45, 2.75) is 32.4 Å². The highest BCUT2D eigenvalue weighted by molar-refractivity contribution is 6.42. The van der Waals surface area contributed by atoms with Crippen LogP contribution in [0.4, 0.5) is 0 Å². The van der Waals surface area contributed by atoms with Crippen LogP contribution in [0, 0.1) is 0 Å². The molecule has 0 amide bonds. The zero-order valence-corrected chi connectivity index (χ0v) is 14.4. The lowest BCUT2D eigenvalue weighted by molar-refractivity contribution is 0.0743. The van der Waals surface area contributed by atoms with Crippen molar-refractivity contribution in [2.24, 2.45) is 5.73 Å². The van der Waals surface area contributed by atoms with Crippen LogP contribution < -0.4 is 5.73 Å². The lowest BCUT2D eigenvalue weighted by Gasteiger charge is -2.41. The SMILES string of the molecule is CCC(C)N1CCN(C(CN)c2ccc(Cl)c(Cl)c2)CC1. The van der Waals surface area contributed by atoms with Crippen LogP contribution in [-0.2, 0) is 0 Å². The lowest BCUT2D eigenvalue weighted by atomic mass is 10.0. The van der Waals surface area contributed by atoms with Crippen molar-refractivity contribution >= 4 is 23.2 Å². The Morgan fingerprint density at radius 2 is 1.71 bits per heavy atom. The summed E-state index contributed by atoms with van der Waals surface area (Å²) < 4.78 is 0. The molecule has 1 heterocycles. The van der Waals surface area contributed by atoms with Crippen LogP contribution in [0.25, 0.3) is 0 Å². The standard InChI is InChI=1S/C16H25Cl2N3/c1-3-12(2)20-6-8-21(9-7-20)16(11-19)13-4-5-14(17)15(18)10-13/h4-5,10,12,16H,3,6-9,11,19H2,1-2H3. The van der Waals surface area contributed by atoms with E-state index >= 15 is 0 Å². The van der Waals surface area contributed by atoms with Crippen molar-refractivity contribution < 1.29 is 0 Å². The van der Waals surface area contributed by atoms with Crippen LogP contribution in [0.1, 0.15) is 31.9 Å². The summed E-state index contributed by atoms with van der Waals surface area (Å²) in [6, 6.07) is 6.72. The molecule has 0 saturated carbocycles. The van der Waals surface area contributed by atoms with Crippen molar-refractivity contribution in [3.8, 4) is 0 Å². The van der Waals surface area contributed by atoms with Gasteiger partial charge in [-0.1, -0.05) is 36.2 Å². The van der Waals surface area contributed by atoms with Crippen molar-refractivity contribution in [2.75, 3.05) is 32.7 Å². The largest absolute Gasteiger partial charge is 0.329 e. The number of benzene rings is 1. The maximum absolute atomic E-state index is 6.14. The second kappa shape index (κ2) is 7.80. The van der Waals surface area contributed by atoms with Gasteiger partial charge in [-0.3, -0.25) is 9.80 Å². The van der Waals surface area contributed by atoms with Crippen LogP contribution in [0.15, 0.2) is 18.2 Å². The zero-order valence-electron chi connectivity index (χ0n) is 12.9. The van der Waals surface area contributed by atoms with E-state index in [0.717, 1.165) is 31.7 Å². The molecule has 2 unspecified atom stereocenters. The Kier molecular flexibility index (Phi) is 6.33. The minimum absolute atomic E-state index is 0.221. The molecule has 2 atom stereocenters. The highest BCUT2D eigenvalue weighted by atomic mass is 35.5. The summed E-state index contributed by atoms with van der Waals surface area (Å²) in [5.41, 5.74) is 7.17. The lowest BCUT2D eigenvalue weighted by Crippen LogP contribution is -2.51. The average molecular weight is 330 g/mol. The monoisotopic (exact) mass is 329 g/mol. The summed E-state index contributed by atoms with van der Waals surface area (Å²) in [6.45, 7) is 9.45. The van der Waals surface area contributed by atoms with Gasteiger partial charge in [-0.25, -0.2) is 0 Å². The zero-order chi connectivity index (χ0) is 15.4. The van der Waals surface area contributed by atoms with Gasteiger partial charge in [0.05, 0.1) is 10.0 Å². The van der Waals surface area contributed by atoms with Gasteiger partial charge < -0.3 is 5.73 Å². The van der Waals surface area contributed by atoms with E-state index in [2.05, 4.69) is 23.6 Å². The molecule has 1 saturated heterocycles. The molecule has 1 aromatic rings. The van der Waals surface area contributed by atoms with Gasteiger partial charge in [-0.2, -0.15) is 0 Å². The highest BCUT2D eigenvalue weighted by Gasteiger charge is 2.26. The predicted molar refractivity (Wildman–Crippen MR) is 91.2 cm³/mol. The van der Waals surface area contributed by atoms with Gasteiger partial charge in [-0.05, 0) is 31.0 Å². The second-order valence-corrected chi connectivity index (χ2v) is 6.57. The highest BCUT2D eigenvalue weighted by Crippen LogP contribution is 2.28. The van der Waals surface area contributed by atoms with Crippen LogP contribution in [0.2, 0.25) is 10.0 Å². The summed E-state index contributed by atoms with van der Waals surface area (Å²) in [7, 11) is 0. The first-order valence-electron chi connectivity index (χ1n) is 7.70. The summed E-state index contributed by atoms with van der Waals surface area (Å²) in [5.74, 6) is 0. The van der Waals surface area contributed by atoms with Gasteiger partial charge in [0.25, 0.3) is 0 Å². The molecule has 1 aliphatic heterocycles. The molecule has 3 nitrogen and oxygen atoms in total. The topological polar surface area (TPSA) is 32.5 Å². The van der Waals surface area contributed by atoms with Crippen molar-refractivity contribution in [3.05, 3.63) is 33.8 Å². The number of nitrogens with zero attached hydrogens (tertiary/aromatic N) is 2. The summed E-state index contributed by atoms with van der Waals surface area (Å²) in [5, 5.41) is 1.20. The number of hydrogen-bond donors (Lipinski definition) is 1. The quantitative estimate of drug-likeness (QED) is 0.898. The van der Waals surface area contributed by atoms with E-state index in [1.807, 2.05) is 18.2 Å². The van der Waals surface area contributed by atoms with E-state index in [1.54, 1.807) is 0 Å². The fourth-order valence-corrected chi connectivity index (χ4v) is 3.27. The summed E-state index contributed by atoms with van der Waals surface area (Å²) in [4.78, 5) is 5.01. The van der Waals surface area contributed by atoms with E-state index in [0.29, 0.717) is 22.6 Å². The Hall–Kier alpha value is -0.320. The second-order valence-electron chi connectivity index (χ2n) is 5.75. The number of piperazine rings is 1. The van der Waals surface area contributed by atoms with Gasteiger partial charge in [0, 0.05) is 44.8 Å². The Morgan fingerprint density at radius 3 is 2.24 bits per heavy atom. The number of halogens is 2. The Bertz CT molecular complexity index is 459. The molecule has 21 heavy (non-hydrogen) atoms. The van der Waals surface area contributed by atoms with E-state index in [-0.39, 0.29) is 6.04 Å². The first-order valence-corrected chi connectivity index (χ1v) is 8.45. The fourth-order valence-electron chi connectivity index (χ4n) is 2.96. The Morgan fingerprint density at radius 1 is 1.10 bits per heavy atom. The first kappa shape index (κ1) is 17.0. The fraction of sp³-hybridized carbons (Fsp3) is 0.625. The maximum atomic E-state index is 6.14. The molecular weight excluding hydrogens is 305 g/mol. The molecule has 0 bridgehead atoms. The van der Waals surface area contributed by atoms with Crippen molar-refractivity contribution in [3.63, 3.8) is 0 Å². The van der Waals surface area contributed by atoms with E-state index in [9.17, 15) is 0 Å². The molecule has 118 valence electrons. The molecule has 0 aromatic heterocycles. The normalized spacial score (nSPS) is 20.4. The molecule has 1 fully saturated rings. The van der Waals surface area contributed by atoms with Crippen LogP contribution in [0.3, 0.4) is 0 Å². The minimum atomic E-state index is 0.221. The number of nitrogens with two attached hydrogens (primary N) is 1. The summed E-state index contributed by atoms with van der Waals surface area (Å²) in [6.07, 6.45) is 1.20. The molecule has 0 spiro atoms. The molecular formula is C16H25Cl2N3. The Labute approximate surface area is 138 Å². The smallest absolute Gasteiger partial charge is 0.0595 e. The molecule has 0 aliphatic carbocycles. The molecule has 5 heteroatoms. The van der Waals surface area contributed by atoms with Gasteiger partial charge in [0.1, 0.15) is 0 Å².